The van der Waals surface area contributed by atoms with Crippen LogP contribution in [0.4, 0.5) is 4.79 Å². The molecule has 5 heteroatoms. The van der Waals surface area contributed by atoms with E-state index in [0.29, 0.717) is 0 Å². The van der Waals surface area contributed by atoms with Crippen molar-refractivity contribution in [2.75, 3.05) is 0 Å². The molecule has 1 aromatic heterocycles. The Labute approximate surface area is 101 Å². The van der Waals surface area contributed by atoms with Crippen LogP contribution < -0.4 is 5.32 Å². The van der Waals surface area contributed by atoms with E-state index < -0.39 is 0 Å². The van der Waals surface area contributed by atoms with Crippen LogP contribution in [0.5, 0.6) is 0 Å². The summed E-state index contributed by atoms with van der Waals surface area (Å²) in [6.07, 6.45) is 2.28. The van der Waals surface area contributed by atoms with Gasteiger partial charge in [-0.2, -0.15) is 5.10 Å². The number of carbonyl (C=O) groups is 1. The van der Waals surface area contributed by atoms with Gasteiger partial charge in [0, 0.05) is 18.2 Å². The number of nitrogens with zero attached hydrogens (tertiary/aromatic N) is 1. The van der Waals surface area contributed by atoms with Gasteiger partial charge in [-0.25, -0.2) is 4.79 Å². The van der Waals surface area contributed by atoms with E-state index in [9.17, 15) is 4.79 Å². The molecular formula is C12H19N3O2. The van der Waals surface area contributed by atoms with E-state index in [1.54, 1.807) is 0 Å². The minimum absolute atomic E-state index is 0.0817. The fourth-order valence-electron chi connectivity index (χ4n) is 2.20. The van der Waals surface area contributed by atoms with E-state index in [2.05, 4.69) is 15.5 Å². The summed E-state index contributed by atoms with van der Waals surface area (Å²) in [5.41, 5.74) is 3.52. The Morgan fingerprint density at radius 3 is 3.06 bits per heavy atom. The van der Waals surface area contributed by atoms with E-state index in [-0.39, 0.29) is 18.2 Å². The molecule has 94 valence electrons. The maximum absolute atomic E-state index is 11.5. The maximum atomic E-state index is 11.5. The first-order chi connectivity index (χ1) is 8.06. The molecular weight excluding hydrogens is 218 g/mol. The first-order valence-electron chi connectivity index (χ1n) is 6.06. The summed E-state index contributed by atoms with van der Waals surface area (Å²) in [7, 11) is 0. The van der Waals surface area contributed by atoms with Crippen LogP contribution in [0.2, 0.25) is 0 Å². The van der Waals surface area contributed by atoms with Crippen LogP contribution in [0.25, 0.3) is 0 Å². The quantitative estimate of drug-likeness (QED) is 0.822. The lowest BCUT2D eigenvalue weighted by Crippen LogP contribution is -2.40. The molecule has 1 atom stereocenters. The fraction of sp³-hybridized carbons (Fsp3) is 0.667. The topological polar surface area (TPSA) is 67.0 Å². The zero-order valence-electron chi connectivity index (χ0n) is 10.5. The summed E-state index contributed by atoms with van der Waals surface area (Å²) in [6.45, 7) is 5.72. The number of fused-ring (bicyclic) bond motifs is 1. The van der Waals surface area contributed by atoms with Crippen LogP contribution in [-0.2, 0) is 17.6 Å². The Hall–Kier alpha value is -1.52. The number of carbonyl (C=O) groups excluding carboxylic acids is 1. The lowest BCUT2D eigenvalue weighted by molar-refractivity contribution is 0.111. The number of nitrogens with one attached hydrogen (secondary N) is 2. The summed E-state index contributed by atoms with van der Waals surface area (Å²) >= 11 is 0. The van der Waals surface area contributed by atoms with Crippen LogP contribution in [0.1, 0.15) is 37.2 Å². The molecule has 0 radical (unpaired) electrons. The molecule has 1 aromatic rings. The number of hydrogen-bond donors (Lipinski definition) is 2. The molecule has 0 aliphatic heterocycles. The van der Waals surface area contributed by atoms with Crippen molar-refractivity contribution in [2.45, 2.75) is 52.2 Å². The number of H-pyrrole nitrogens is 1. The molecule has 1 heterocycles. The van der Waals surface area contributed by atoms with Gasteiger partial charge in [0.25, 0.3) is 0 Å². The number of ether oxygens (including phenoxy) is 1. The van der Waals surface area contributed by atoms with Crippen LogP contribution in [-0.4, -0.2) is 28.4 Å². The van der Waals surface area contributed by atoms with E-state index >= 15 is 0 Å². The number of amides is 1. The molecule has 1 aliphatic rings. The largest absolute Gasteiger partial charge is 0.447 e. The molecule has 0 fully saturated rings. The first-order valence-corrected chi connectivity index (χ1v) is 6.06. The number of aryl methyl sites for hydroxylation is 1. The van der Waals surface area contributed by atoms with Gasteiger partial charge in [-0.1, -0.05) is 0 Å². The van der Waals surface area contributed by atoms with Crippen molar-refractivity contribution in [1.82, 2.24) is 15.5 Å². The van der Waals surface area contributed by atoms with Gasteiger partial charge in [-0.15, -0.1) is 0 Å². The van der Waals surface area contributed by atoms with Crippen LogP contribution in [0.3, 0.4) is 0 Å². The zero-order chi connectivity index (χ0) is 12.4. The van der Waals surface area contributed by atoms with Crippen LogP contribution in [0, 0.1) is 6.92 Å². The molecule has 1 unspecified atom stereocenters. The maximum Gasteiger partial charge on any atom is 0.407 e. The van der Waals surface area contributed by atoms with Crippen molar-refractivity contribution in [3.8, 4) is 0 Å². The predicted octanol–water partition coefficient (Wildman–Crippen LogP) is 1.71. The Kier molecular flexibility index (Phi) is 3.36. The van der Waals surface area contributed by atoms with Crippen molar-refractivity contribution < 1.29 is 9.53 Å². The molecule has 1 aliphatic carbocycles. The first kappa shape index (κ1) is 12.0. The second kappa shape index (κ2) is 4.77. The Balaban J connectivity index is 1.92. The van der Waals surface area contributed by atoms with E-state index in [1.165, 1.54) is 5.56 Å². The van der Waals surface area contributed by atoms with Crippen molar-refractivity contribution in [2.24, 2.45) is 0 Å². The Morgan fingerprint density at radius 2 is 2.35 bits per heavy atom. The van der Waals surface area contributed by atoms with Gasteiger partial charge >= 0.3 is 6.09 Å². The van der Waals surface area contributed by atoms with Gasteiger partial charge in [0.2, 0.25) is 0 Å². The molecule has 2 N–H and O–H groups in total. The average Bonchev–Trinajstić information content (AvgIpc) is 2.58. The Bertz CT molecular complexity index is 412. The number of hydrogen-bond acceptors (Lipinski definition) is 3. The summed E-state index contributed by atoms with van der Waals surface area (Å²) < 4.78 is 5.07. The molecule has 0 saturated carbocycles. The highest BCUT2D eigenvalue weighted by Crippen LogP contribution is 2.21. The highest BCUT2D eigenvalue weighted by Gasteiger charge is 2.24. The summed E-state index contributed by atoms with van der Waals surface area (Å²) in [4.78, 5) is 11.5. The molecule has 0 spiro atoms. The second-order valence-corrected chi connectivity index (χ2v) is 4.81. The van der Waals surface area contributed by atoms with Crippen LogP contribution in [0.15, 0.2) is 0 Å². The van der Waals surface area contributed by atoms with Gasteiger partial charge in [-0.05, 0) is 39.2 Å². The summed E-state index contributed by atoms with van der Waals surface area (Å²) in [5.74, 6) is 0. The van der Waals surface area contributed by atoms with Crippen LogP contribution >= 0.6 is 0 Å². The normalized spacial score (nSPS) is 18.9. The molecule has 1 amide bonds. The number of rotatable bonds is 2. The van der Waals surface area contributed by atoms with Crippen molar-refractivity contribution >= 4 is 6.09 Å². The van der Waals surface area contributed by atoms with E-state index in [1.807, 2.05) is 20.8 Å². The smallest absolute Gasteiger partial charge is 0.407 e. The fourth-order valence-corrected chi connectivity index (χ4v) is 2.20. The highest BCUT2D eigenvalue weighted by atomic mass is 16.6. The van der Waals surface area contributed by atoms with Gasteiger partial charge in [0.15, 0.2) is 0 Å². The molecule has 17 heavy (non-hydrogen) atoms. The average molecular weight is 237 g/mol. The van der Waals surface area contributed by atoms with E-state index in [0.717, 1.165) is 30.7 Å². The number of alkyl carbamates (subject to hydrolysis) is 1. The van der Waals surface area contributed by atoms with Crippen molar-refractivity contribution in [1.29, 1.82) is 0 Å². The zero-order valence-corrected chi connectivity index (χ0v) is 10.5. The summed E-state index contributed by atoms with van der Waals surface area (Å²) in [6, 6.07) is 0.136. The lowest BCUT2D eigenvalue weighted by atomic mass is 9.92. The standard InChI is InChI=1S/C12H19N3O2/c1-7(2)17-12(16)13-9-4-5-10-8(3)14-15-11(10)6-9/h7,9H,4-6H2,1-3H3,(H,13,16)(H,14,15). The molecule has 5 nitrogen and oxygen atoms in total. The minimum atomic E-state index is -0.333. The van der Waals surface area contributed by atoms with E-state index in [4.69, 9.17) is 4.74 Å². The minimum Gasteiger partial charge on any atom is -0.447 e. The lowest BCUT2D eigenvalue weighted by Gasteiger charge is -2.23. The van der Waals surface area contributed by atoms with Gasteiger partial charge in [0.1, 0.15) is 0 Å². The van der Waals surface area contributed by atoms with Crippen molar-refractivity contribution in [3.05, 3.63) is 17.0 Å². The Morgan fingerprint density at radius 1 is 1.59 bits per heavy atom. The van der Waals surface area contributed by atoms with Gasteiger partial charge in [0.05, 0.1) is 11.8 Å². The predicted molar refractivity (Wildman–Crippen MR) is 63.9 cm³/mol. The monoisotopic (exact) mass is 237 g/mol. The van der Waals surface area contributed by atoms with Gasteiger partial charge in [-0.3, -0.25) is 5.10 Å². The second-order valence-electron chi connectivity index (χ2n) is 4.81. The summed E-state index contributed by atoms with van der Waals surface area (Å²) in [5, 5.41) is 10.1. The number of aromatic nitrogens is 2. The van der Waals surface area contributed by atoms with Crippen molar-refractivity contribution in [3.63, 3.8) is 0 Å². The molecule has 0 bridgehead atoms. The molecule has 0 saturated heterocycles. The molecule has 0 aromatic carbocycles. The SMILES string of the molecule is Cc1[nH]nc2c1CCC(NC(=O)OC(C)C)C2. The molecule has 2 rings (SSSR count). The third-order valence-electron chi connectivity index (χ3n) is 3.01. The third kappa shape index (κ3) is 2.78. The third-order valence-corrected chi connectivity index (χ3v) is 3.01. The highest BCUT2D eigenvalue weighted by molar-refractivity contribution is 5.67. The number of aromatic amines is 1. The van der Waals surface area contributed by atoms with Gasteiger partial charge < -0.3 is 10.1 Å².